The summed E-state index contributed by atoms with van der Waals surface area (Å²) in [6.07, 6.45) is 0.793. The highest BCUT2D eigenvalue weighted by molar-refractivity contribution is 6.32. The Balaban J connectivity index is 2.07. The number of carbonyl (C=O) groups excluding carboxylic acids is 3. The van der Waals surface area contributed by atoms with E-state index in [4.69, 9.17) is 16.3 Å². The Bertz CT molecular complexity index is 635. The van der Waals surface area contributed by atoms with Gasteiger partial charge in [0.25, 0.3) is 5.91 Å². The first-order valence-electron chi connectivity index (χ1n) is 7.20. The van der Waals surface area contributed by atoms with Gasteiger partial charge in [0.1, 0.15) is 13.1 Å². The van der Waals surface area contributed by atoms with Gasteiger partial charge in [-0.2, -0.15) is 0 Å². The van der Waals surface area contributed by atoms with Crippen LogP contribution in [0.15, 0.2) is 18.2 Å². The molecule has 23 heavy (non-hydrogen) atoms. The standard InChI is InChI=1S/C15H18ClN3O4/c1-3-7-23-14-10(16)5-4-6-11(14)17-12(20)8-19-13(21)9-18(2)15(19)22/h4-6H,3,7-9H2,1-2H3,(H,17,20). The van der Waals surface area contributed by atoms with E-state index in [1.807, 2.05) is 6.92 Å². The fourth-order valence-corrected chi connectivity index (χ4v) is 2.34. The number of hydrogen-bond donors (Lipinski definition) is 1. The highest BCUT2D eigenvalue weighted by Crippen LogP contribution is 2.33. The summed E-state index contributed by atoms with van der Waals surface area (Å²) in [6, 6.07) is 4.49. The Labute approximate surface area is 139 Å². The van der Waals surface area contributed by atoms with Gasteiger partial charge < -0.3 is 15.0 Å². The van der Waals surface area contributed by atoms with Gasteiger partial charge in [0, 0.05) is 7.05 Å². The molecule has 1 heterocycles. The Hall–Kier alpha value is -2.28. The first kappa shape index (κ1) is 17.1. The van der Waals surface area contributed by atoms with E-state index in [9.17, 15) is 14.4 Å². The third-order valence-corrected chi connectivity index (χ3v) is 3.52. The van der Waals surface area contributed by atoms with Gasteiger partial charge in [0.05, 0.1) is 17.3 Å². The van der Waals surface area contributed by atoms with Crippen molar-refractivity contribution in [1.29, 1.82) is 0 Å². The third-order valence-electron chi connectivity index (χ3n) is 3.22. The number of anilines is 1. The summed E-state index contributed by atoms with van der Waals surface area (Å²) >= 11 is 6.08. The molecular formula is C15H18ClN3O4. The van der Waals surface area contributed by atoms with E-state index in [-0.39, 0.29) is 13.1 Å². The van der Waals surface area contributed by atoms with Crippen LogP contribution in [0.3, 0.4) is 0 Å². The van der Waals surface area contributed by atoms with Crippen molar-refractivity contribution < 1.29 is 19.1 Å². The molecule has 1 aliphatic rings. The summed E-state index contributed by atoms with van der Waals surface area (Å²) in [5.74, 6) is -0.521. The average Bonchev–Trinajstić information content (AvgIpc) is 2.73. The van der Waals surface area contributed by atoms with Crippen molar-refractivity contribution in [2.45, 2.75) is 13.3 Å². The Morgan fingerprint density at radius 1 is 1.39 bits per heavy atom. The summed E-state index contributed by atoms with van der Waals surface area (Å²) in [5.41, 5.74) is 0.406. The maximum atomic E-state index is 12.1. The number of ether oxygens (including phenoxy) is 1. The second-order valence-corrected chi connectivity index (χ2v) is 5.54. The molecule has 124 valence electrons. The average molecular weight is 340 g/mol. The van der Waals surface area contributed by atoms with Gasteiger partial charge in [-0.25, -0.2) is 4.79 Å². The minimum Gasteiger partial charge on any atom is -0.490 e. The minimum atomic E-state index is -0.495. The number of urea groups is 1. The number of carbonyl (C=O) groups is 3. The zero-order valence-electron chi connectivity index (χ0n) is 13.0. The number of likely N-dealkylation sites (N-methyl/N-ethyl adjacent to an activating group) is 1. The van der Waals surface area contributed by atoms with E-state index in [0.717, 1.165) is 11.3 Å². The number of hydrogen-bond acceptors (Lipinski definition) is 4. The molecule has 1 aromatic carbocycles. The van der Waals surface area contributed by atoms with Gasteiger partial charge in [-0.05, 0) is 18.6 Å². The molecule has 2 rings (SSSR count). The predicted molar refractivity (Wildman–Crippen MR) is 85.6 cm³/mol. The van der Waals surface area contributed by atoms with E-state index in [2.05, 4.69) is 5.32 Å². The molecule has 1 N–H and O–H groups in total. The Morgan fingerprint density at radius 3 is 2.74 bits per heavy atom. The molecule has 0 atom stereocenters. The second kappa shape index (κ2) is 7.32. The number of benzene rings is 1. The van der Waals surface area contributed by atoms with Crippen LogP contribution in [0.1, 0.15) is 13.3 Å². The number of amides is 4. The van der Waals surface area contributed by atoms with Crippen molar-refractivity contribution in [3.05, 3.63) is 23.2 Å². The molecule has 1 fully saturated rings. The molecule has 1 aliphatic heterocycles. The van der Waals surface area contributed by atoms with Crippen LogP contribution in [0.5, 0.6) is 5.75 Å². The lowest BCUT2D eigenvalue weighted by Gasteiger charge is -2.16. The molecule has 0 saturated carbocycles. The normalized spacial score (nSPS) is 14.4. The molecule has 8 heteroatoms. The summed E-state index contributed by atoms with van der Waals surface area (Å²) < 4.78 is 5.54. The number of para-hydroxylation sites is 1. The zero-order valence-corrected chi connectivity index (χ0v) is 13.7. The molecule has 0 spiro atoms. The lowest BCUT2D eigenvalue weighted by molar-refractivity contribution is -0.129. The lowest BCUT2D eigenvalue weighted by Crippen LogP contribution is -2.38. The quantitative estimate of drug-likeness (QED) is 0.803. The molecule has 0 bridgehead atoms. The van der Waals surface area contributed by atoms with E-state index in [1.54, 1.807) is 18.2 Å². The molecule has 0 radical (unpaired) electrons. The third kappa shape index (κ3) is 3.92. The van der Waals surface area contributed by atoms with Crippen LogP contribution >= 0.6 is 11.6 Å². The number of rotatable bonds is 6. The van der Waals surface area contributed by atoms with E-state index >= 15 is 0 Å². The van der Waals surface area contributed by atoms with Gasteiger partial charge in [-0.15, -0.1) is 0 Å². The van der Waals surface area contributed by atoms with E-state index < -0.39 is 17.8 Å². The van der Waals surface area contributed by atoms with E-state index in [0.29, 0.717) is 23.1 Å². The van der Waals surface area contributed by atoms with Crippen LogP contribution in [0.25, 0.3) is 0 Å². The molecule has 0 aromatic heterocycles. The van der Waals surface area contributed by atoms with Crippen molar-refractivity contribution in [3.63, 3.8) is 0 Å². The predicted octanol–water partition coefficient (Wildman–Crippen LogP) is 1.96. The van der Waals surface area contributed by atoms with Crippen LogP contribution in [0, 0.1) is 0 Å². The van der Waals surface area contributed by atoms with E-state index in [1.165, 1.54) is 11.9 Å². The molecule has 1 saturated heterocycles. The fourth-order valence-electron chi connectivity index (χ4n) is 2.12. The Morgan fingerprint density at radius 2 is 2.13 bits per heavy atom. The first-order chi connectivity index (χ1) is 10.9. The highest BCUT2D eigenvalue weighted by Gasteiger charge is 2.34. The highest BCUT2D eigenvalue weighted by atomic mass is 35.5. The summed E-state index contributed by atoms with van der Waals surface area (Å²) in [7, 11) is 1.51. The largest absolute Gasteiger partial charge is 0.490 e. The number of nitrogens with zero attached hydrogens (tertiary/aromatic N) is 2. The summed E-state index contributed by atoms with van der Waals surface area (Å²) in [6.45, 7) is 2.05. The number of nitrogens with one attached hydrogen (secondary N) is 1. The number of imide groups is 1. The fraction of sp³-hybridized carbons (Fsp3) is 0.400. The molecule has 4 amide bonds. The van der Waals surface area contributed by atoms with Crippen LogP contribution in [0.2, 0.25) is 5.02 Å². The van der Waals surface area contributed by atoms with Crippen LogP contribution in [-0.2, 0) is 9.59 Å². The Kier molecular flexibility index (Phi) is 5.44. The lowest BCUT2D eigenvalue weighted by atomic mass is 10.3. The SMILES string of the molecule is CCCOc1c(Cl)cccc1NC(=O)CN1C(=O)CN(C)C1=O. The second-order valence-electron chi connectivity index (χ2n) is 5.13. The van der Waals surface area contributed by atoms with Crippen molar-refractivity contribution in [1.82, 2.24) is 9.80 Å². The number of halogens is 1. The molecule has 7 nitrogen and oxygen atoms in total. The van der Waals surface area contributed by atoms with Crippen molar-refractivity contribution >= 4 is 35.1 Å². The molecular weight excluding hydrogens is 322 g/mol. The van der Waals surface area contributed by atoms with Gasteiger partial charge in [-0.3, -0.25) is 14.5 Å². The molecule has 0 aliphatic carbocycles. The van der Waals surface area contributed by atoms with Crippen LogP contribution in [-0.4, -0.2) is 54.4 Å². The van der Waals surface area contributed by atoms with Gasteiger partial charge in [0.2, 0.25) is 5.91 Å². The topological polar surface area (TPSA) is 79.0 Å². The van der Waals surface area contributed by atoms with Crippen molar-refractivity contribution in [3.8, 4) is 5.75 Å². The maximum Gasteiger partial charge on any atom is 0.327 e. The summed E-state index contributed by atoms with van der Waals surface area (Å²) in [4.78, 5) is 37.7. The minimum absolute atomic E-state index is 0.0197. The van der Waals surface area contributed by atoms with Gasteiger partial charge in [0.15, 0.2) is 5.75 Å². The maximum absolute atomic E-state index is 12.1. The van der Waals surface area contributed by atoms with Crippen LogP contribution < -0.4 is 10.1 Å². The monoisotopic (exact) mass is 339 g/mol. The van der Waals surface area contributed by atoms with Gasteiger partial charge >= 0.3 is 6.03 Å². The van der Waals surface area contributed by atoms with Gasteiger partial charge in [-0.1, -0.05) is 24.6 Å². The first-order valence-corrected chi connectivity index (χ1v) is 7.58. The molecule has 1 aromatic rings. The van der Waals surface area contributed by atoms with Crippen molar-refractivity contribution in [2.75, 3.05) is 32.1 Å². The van der Waals surface area contributed by atoms with Crippen LogP contribution in [0.4, 0.5) is 10.5 Å². The zero-order chi connectivity index (χ0) is 17.0. The summed E-state index contributed by atoms with van der Waals surface area (Å²) in [5, 5.41) is 3.01. The smallest absolute Gasteiger partial charge is 0.327 e. The van der Waals surface area contributed by atoms with Crippen molar-refractivity contribution in [2.24, 2.45) is 0 Å². The molecule has 0 unspecified atom stereocenters.